The van der Waals surface area contributed by atoms with Crippen LogP contribution in [0.4, 0.5) is 5.69 Å². The van der Waals surface area contributed by atoms with Gasteiger partial charge in [0.25, 0.3) is 11.8 Å². The van der Waals surface area contributed by atoms with Gasteiger partial charge >= 0.3 is 0 Å². The van der Waals surface area contributed by atoms with Crippen LogP contribution in [0.25, 0.3) is 5.57 Å². The van der Waals surface area contributed by atoms with Crippen LogP contribution >= 0.6 is 0 Å². The van der Waals surface area contributed by atoms with E-state index in [1.807, 2.05) is 0 Å². The number of carbonyl (C=O) groups is 2. The van der Waals surface area contributed by atoms with E-state index in [1.54, 1.807) is 18.2 Å². The summed E-state index contributed by atoms with van der Waals surface area (Å²) in [4.78, 5) is 23.0. The molecule has 0 bridgehead atoms. The highest BCUT2D eigenvalue weighted by atomic mass is 16.3. The fraction of sp³-hybridized carbons (Fsp3) is 0.167. The lowest BCUT2D eigenvalue weighted by atomic mass is 10.0. The van der Waals surface area contributed by atoms with Crippen LogP contribution in [0.3, 0.4) is 0 Å². The molecule has 0 atom stereocenters. The maximum Gasteiger partial charge on any atom is 0.255 e. The van der Waals surface area contributed by atoms with Crippen LogP contribution in [-0.2, 0) is 4.79 Å². The van der Waals surface area contributed by atoms with Crippen LogP contribution in [0.1, 0.15) is 15.9 Å². The molecule has 1 aliphatic heterocycles. The maximum atomic E-state index is 11.6. The molecule has 0 aliphatic carbocycles. The molecule has 0 spiro atoms. The summed E-state index contributed by atoms with van der Waals surface area (Å²) in [5.41, 5.74) is 2.11. The second kappa shape index (κ2) is 4.39. The zero-order valence-corrected chi connectivity index (χ0v) is 9.12. The van der Waals surface area contributed by atoms with E-state index in [0.29, 0.717) is 22.4 Å². The van der Waals surface area contributed by atoms with Gasteiger partial charge in [-0.2, -0.15) is 0 Å². The molecule has 1 aromatic rings. The summed E-state index contributed by atoms with van der Waals surface area (Å²) in [6.45, 7) is 3.75. The molecule has 0 saturated carbocycles. The van der Waals surface area contributed by atoms with Crippen LogP contribution in [0.15, 0.2) is 24.8 Å². The van der Waals surface area contributed by atoms with Gasteiger partial charge in [-0.05, 0) is 18.2 Å². The first-order valence-electron chi connectivity index (χ1n) is 5.17. The average molecular weight is 232 g/mol. The van der Waals surface area contributed by atoms with Crippen LogP contribution in [0.2, 0.25) is 0 Å². The van der Waals surface area contributed by atoms with Gasteiger partial charge in [-0.15, -0.1) is 0 Å². The minimum atomic E-state index is -0.283. The third-order valence-electron chi connectivity index (χ3n) is 2.53. The number of aliphatic hydroxyl groups excluding tert-OH is 1. The Kier molecular flexibility index (Phi) is 2.93. The summed E-state index contributed by atoms with van der Waals surface area (Å²) in [6.07, 6.45) is 0. The highest BCUT2D eigenvalue weighted by molar-refractivity contribution is 6.31. The molecule has 3 N–H and O–H groups in total. The second-order valence-electron chi connectivity index (χ2n) is 3.67. The summed E-state index contributed by atoms with van der Waals surface area (Å²) in [7, 11) is 0. The quantitative estimate of drug-likeness (QED) is 0.659. The minimum Gasteiger partial charge on any atom is -0.395 e. The third-order valence-corrected chi connectivity index (χ3v) is 2.53. The fourth-order valence-corrected chi connectivity index (χ4v) is 1.64. The molecule has 1 heterocycles. The molecule has 0 saturated heterocycles. The van der Waals surface area contributed by atoms with Gasteiger partial charge in [-0.1, -0.05) is 6.58 Å². The molecule has 88 valence electrons. The smallest absolute Gasteiger partial charge is 0.255 e. The summed E-state index contributed by atoms with van der Waals surface area (Å²) < 4.78 is 0. The standard InChI is InChI=1S/C12H12N2O3/c1-7-9-6-8(12(17)13-4-5-15)2-3-10(9)14-11(7)16/h2-3,6,15H,1,4-5H2,(H,13,17)(H,14,16). The van der Waals surface area contributed by atoms with Gasteiger partial charge in [0.1, 0.15) is 0 Å². The molecule has 0 aromatic heterocycles. The maximum absolute atomic E-state index is 11.6. The summed E-state index contributed by atoms with van der Waals surface area (Å²) in [5.74, 6) is -0.526. The fourth-order valence-electron chi connectivity index (χ4n) is 1.64. The van der Waals surface area contributed by atoms with Gasteiger partial charge in [0.05, 0.1) is 6.61 Å². The number of anilines is 1. The molecule has 1 aliphatic rings. The molecule has 2 rings (SSSR count). The molecule has 5 heteroatoms. The SMILES string of the molecule is C=C1C(=O)Nc2ccc(C(=O)NCCO)cc21. The summed E-state index contributed by atoms with van der Waals surface area (Å²) in [5, 5.41) is 13.8. The van der Waals surface area contributed by atoms with Gasteiger partial charge in [0.2, 0.25) is 0 Å². The largest absolute Gasteiger partial charge is 0.395 e. The van der Waals surface area contributed by atoms with E-state index in [9.17, 15) is 9.59 Å². The van der Waals surface area contributed by atoms with Crippen LogP contribution in [0.5, 0.6) is 0 Å². The van der Waals surface area contributed by atoms with Gasteiger partial charge in [-0.25, -0.2) is 0 Å². The lowest BCUT2D eigenvalue weighted by Crippen LogP contribution is -2.26. The number of hydrogen-bond donors (Lipinski definition) is 3. The van der Waals surface area contributed by atoms with Gasteiger partial charge < -0.3 is 15.7 Å². The molecule has 0 fully saturated rings. The summed E-state index contributed by atoms with van der Waals surface area (Å²) in [6, 6.07) is 4.89. The van der Waals surface area contributed by atoms with Crippen molar-refractivity contribution in [2.75, 3.05) is 18.5 Å². The highest BCUT2D eigenvalue weighted by Crippen LogP contribution is 2.30. The number of aliphatic hydroxyl groups is 1. The molecule has 0 unspecified atom stereocenters. The number of fused-ring (bicyclic) bond motifs is 1. The Balaban J connectivity index is 2.26. The Morgan fingerprint density at radius 2 is 2.24 bits per heavy atom. The minimum absolute atomic E-state index is 0.108. The molecule has 0 radical (unpaired) electrons. The van der Waals surface area contributed by atoms with E-state index in [-0.39, 0.29) is 25.0 Å². The third kappa shape index (κ3) is 2.05. The second-order valence-corrected chi connectivity index (χ2v) is 3.67. The normalized spacial score (nSPS) is 13.2. The molecular weight excluding hydrogens is 220 g/mol. The predicted octanol–water partition coefficient (Wildman–Crippen LogP) is 0.374. The highest BCUT2D eigenvalue weighted by Gasteiger charge is 2.23. The number of nitrogens with one attached hydrogen (secondary N) is 2. The Bertz CT molecular complexity index is 508. The first-order valence-corrected chi connectivity index (χ1v) is 5.17. The van der Waals surface area contributed by atoms with Gasteiger partial charge in [0.15, 0.2) is 0 Å². The zero-order chi connectivity index (χ0) is 12.4. The first-order chi connectivity index (χ1) is 8.13. The number of benzene rings is 1. The Hall–Kier alpha value is -2.14. The van der Waals surface area contributed by atoms with Gasteiger partial charge in [-0.3, -0.25) is 9.59 Å². The lowest BCUT2D eigenvalue weighted by Gasteiger charge is -2.05. The van der Waals surface area contributed by atoms with Crippen molar-refractivity contribution >= 4 is 23.1 Å². The van der Waals surface area contributed by atoms with Crippen molar-refractivity contribution in [1.29, 1.82) is 0 Å². The van der Waals surface area contributed by atoms with E-state index in [2.05, 4.69) is 17.2 Å². The van der Waals surface area contributed by atoms with Crippen molar-refractivity contribution in [1.82, 2.24) is 5.32 Å². The Labute approximate surface area is 98.1 Å². The number of hydrogen-bond acceptors (Lipinski definition) is 3. The molecule has 2 amide bonds. The molecule has 1 aromatic carbocycles. The number of amides is 2. The van der Waals surface area contributed by atoms with Crippen molar-refractivity contribution in [3.63, 3.8) is 0 Å². The molecular formula is C12H12N2O3. The van der Waals surface area contributed by atoms with Crippen molar-refractivity contribution in [3.8, 4) is 0 Å². The topological polar surface area (TPSA) is 78.4 Å². The van der Waals surface area contributed by atoms with E-state index < -0.39 is 0 Å². The van der Waals surface area contributed by atoms with Crippen LogP contribution in [0, 0.1) is 0 Å². The molecule has 17 heavy (non-hydrogen) atoms. The van der Waals surface area contributed by atoms with Crippen molar-refractivity contribution in [2.45, 2.75) is 0 Å². The predicted molar refractivity (Wildman–Crippen MR) is 63.5 cm³/mol. The Morgan fingerprint density at radius 1 is 1.47 bits per heavy atom. The Morgan fingerprint density at radius 3 is 2.94 bits per heavy atom. The van der Waals surface area contributed by atoms with Gasteiger partial charge in [0, 0.05) is 28.9 Å². The molecule has 5 nitrogen and oxygen atoms in total. The van der Waals surface area contributed by atoms with Crippen molar-refractivity contribution in [2.24, 2.45) is 0 Å². The number of rotatable bonds is 3. The van der Waals surface area contributed by atoms with Crippen molar-refractivity contribution < 1.29 is 14.7 Å². The zero-order valence-electron chi connectivity index (χ0n) is 9.12. The van der Waals surface area contributed by atoms with Crippen LogP contribution in [-0.4, -0.2) is 30.1 Å². The van der Waals surface area contributed by atoms with E-state index >= 15 is 0 Å². The van der Waals surface area contributed by atoms with E-state index in [0.717, 1.165) is 0 Å². The van der Waals surface area contributed by atoms with Crippen LogP contribution < -0.4 is 10.6 Å². The van der Waals surface area contributed by atoms with E-state index in [4.69, 9.17) is 5.11 Å². The van der Waals surface area contributed by atoms with E-state index in [1.165, 1.54) is 0 Å². The lowest BCUT2D eigenvalue weighted by molar-refractivity contribution is -0.110. The van der Waals surface area contributed by atoms with Crippen molar-refractivity contribution in [3.05, 3.63) is 35.9 Å². The monoisotopic (exact) mass is 232 g/mol. The number of carbonyl (C=O) groups excluding carboxylic acids is 2. The first kappa shape index (κ1) is 11.3. The average Bonchev–Trinajstić information content (AvgIpc) is 2.62. The summed E-state index contributed by atoms with van der Waals surface area (Å²) >= 11 is 0.